The van der Waals surface area contributed by atoms with Gasteiger partial charge in [-0.2, -0.15) is 0 Å². The fourth-order valence-corrected chi connectivity index (χ4v) is 4.75. The molecular weight excluding hydrogens is 372 g/mol. The van der Waals surface area contributed by atoms with Gasteiger partial charge in [-0.1, -0.05) is 59.3 Å². The second-order valence-corrected chi connectivity index (χ2v) is 8.83. The lowest BCUT2D eigenvalue weighted by molar-refractivity contribution is -0.271. The standard InChI is InChI=1S/C26H56N2O2/c1-8-13-14-15-16-17-18-23(19-20-24(9-2)27-6)26(29-11-4,30-12-5)22-21-25(10-3)28-7/h23-25,27-28H,8-22H2,1-7H3. The van der Waals surface area contributed by atoms with Gasteiger partial charge in [0.2, 0.25) is 0 Å². The van der Waals surface area contributed by atoms with Gasteiger partial charge in [0.15, 0.2) is 5.79 Å². The number of nitrogens with one attached hydrogen (secondary N) is 2. The summed E-state index contributed by atoms with van der Waals surface area (Å²) in [5, 5.41) is 6.96. The van der Waals surface area contributed by atoms with Crippen LogP contribution in [0.1, 0.15) is 118 Å². The highest BCUT2D eigenvalue weighted by Gasteiger charge is 2.40. The van der Waals surface area contributed by atoms with Gasteiger partial charge in [0.25, 0.3) is 0 Å². The van der Waals surface area contributed by atoms with Gasteiger partial charge in [0.05, 0.1) is 0 Å². The molecule has 4 nitrogen and oxygen atoms in total. The highest BCUT2D eigenvalue weighted by Crippen LogP contribution is 2.37. The van der Waals surface area contributed by atoms with Crippen LogP contribution in [0, 0.1) is 5.92 Å². The van der Waals surface area contributed by atoms with Gasteiger partial charge in [-0.15, -0.1) is 0 Å². The molecule has 0 saturated carbocycles. The Bertz CT molecular complexity index is 351. The largest absolute Gasteiger partial charge is 0.350 e. The zero-order valence-corrected chi connectivity index (χ0v) is 21.7. The molecule has 0 bridgehead atoms. The molecule has 30 heavy (non-hydrogen) atoms. The molecule has 0 aromatic heterocycles. The molecule has 0 amide bonds. The predicted octanol–water partition coefficient (Wildman–Crippen LogP) is 6.68. The van der Waals surface area contributed by atoms with Crippen LogP contribution in [-0.2, 0) is 9.47 Å². The van der Waals surface area contributed by atoms with E-state index in [9.17, 15) is 0 Å². The van der Waals surface area contributed by atoms with E-state index in [4.69, 9.17) is 9.47 Å². The molecule has 0 aliphatic carbocycles. The Labute approximate surface area is 189 Å². The molecule has 0 aromatic carbocycles. The third-order valence-electron chi connectivity index (χ3n) is 6.81. The Morgan fingerprint density at radius 3 is 1.67 bits per heavy atom. The average molecular weight is 429 g/mol. The van der Waals surface area contributed by atoms with Crippen LogP contribution in [-0.4, -0.2) is 45.2 Å². The van der Waals surface area contributed by atoms with Gasteiger partial charge in [0, 0.05) is 37.6 Å². The highest BCUT2D eigenvalue weighted by atomic mass is 16.7. The molecule has 2 N–H and O–H groups in total. The van der Waals surface area contributed by atoms with Crippen LogP contribution in [0.25, 0.3) is 0 Å². The monoisotopic (exact) mass is 428 g/mol. The summed E-state index contributed by atoms with van der Waals surface area (Å²) in [5.74, 6) is 0.0174. The molecule has 0 spiro atoms. The third-order valence-corrected chi connectivity index (χ3v) is 6.81. The smallest absolute Gasteiger partial charge is 0.171 e. The first-order valence-electron chi connectivity index (χ1n) is 13.2. The van der Waals surface area contributed by atoms with Crippen LogP contribution < -0.4 is 10.6 Å². The van der Waals surface area contributed by atoms with Crippen molar-refractivity contribution in [2.24, 2.45) is 5.92 Å². The van der Waals surface area contributed by atoms with Gasteiger partial charge < -0.3 is 20.1 Å². The van der Waals surface area contributed by atoms with Crippen LogP contribution in [0.2, 0.25) is 0 Å². The van der Waals surface area contributed by atoms with E-state index in [1.54, 1.807) is 0 Å². The van der Waals surface area contributed by atoms with Crippen LogP contribution in [0.5, 0.6) is 0 Å². The van der Waals surface area contributed by atoms with Gasteiger partial charge in [0.1, 0.15) is 0 Å². The number of rotatable bonds is 22. The Kier molecular flexibility index (Phi) is 19.4. The summed E-state index contributed by atoms with van der Waals surface area (Å²) in [6.07, 6.45) is 16.0. The van der Waals surface area contributed by atoms with Crippen LogP contribution in [0.3, 0.4) is 0 Å². The number of ether oxygens (including phenoxy) is 2. The predicted molar refractivity (Wildman–Crippen MR) is 132 cm³/mol. The summed E-state index contributed by atoms with van der Waals surface area (Å²) >= 11 is 0. The topological polar surface area (TPSA) is 42.5 Å². The molecular formula is C26H56N2O2. The SMILES string of the molecule is CCCCCCCCC(CCC(CC)NC)C(CCC(CC)NC)(OCC)OCC. The molecule has 4 heteroatoms. The van der Waals surface area contributed by atoms with Crippen molar-refractivity contribution >= 4 is 0 Å². The van der Waals surface area contributed by atoms with Crippen LogP contribution >= 0.6 is 0 Å². The van der Waals surface area contributed by atoms with Gasteiger partial charge >= 0.3 is 0 Å². The second-order valence-electron chi connectivity index (χ2n) is 8.83. The van der Waals surface area contributed by atoms with Crippen molar-refractivity contribution in [2.45, 2.75) is 136 Å². The van der Waals surface area contributed by atoms with Crippen molar-refractivity contribution in [1.29, 1.82) is 0 Å². The molecule has 0 aliphatic rings. The normalized spacial score (nSPS) is 15.3. The van der Waals surface area contributed by atoms with E-state index in [-0.39, 0.29) is 0 Å². The molecule has 182 valence electrons. The summed E-state index contributed by atoms with van der Waals surface area (Å²) in [6, 6.07) is 1.11. The highest BCUT2D eigenvalue weighted by molar-refractivity contribution is 4.84. The fourth-order valence-electron chi connectivity index (χ4n) is 4.75. The van der Waals surface area contributed by atoms with Gasteiger partial charge in [-0.3, -0.25) is 0 Å². The van der Waals surface area contributed by atoms with E-state index in [0.717, 1.165) is 19.3 Å². The first kappa shape index (κ1) is 29.8. The quantitative estimate of drug-likeness (QED) is 0.149. The Morgan fingerprint density at radius 1 is 0.633 bits per heavy atom. The molecule has 0 heterocycles. The van der Waals surface area contributed by atoms with E-state index in [1.807, 2.05) is 0 Å². The third kappa shape index (κ3) is 12.0. The summed E-state index contributed by atoms with van der Waals surface area (Å²) < 4.78 is 13.0. The Balaban J connectivity index is 5.32. The fraction of sp³-hybridized carbons (Fsp3) is 1.00. The average Bonchev–Trinajstić information content (AvgIpc) is 2.76. The van der Waals surface area contributed by atoms with Crippen molar-refractivity contribution in [1.82, 2.24) is 10.6 Å². The van der Waals surface area contributed by atoms with Crippen molar-refractivity contribution < 1.29 is 9.47 Å². The maximum atomic E-state index is 6.50. The molecule has 0 aromatic rings. The number of hydrogen-bond acceptors (Lipinski definition) is 4. The summed E-state index contributed by atoms with van der Waals surface area (Å²) in [5.41, 5.74) is 0. The molecule has 0 radical (unpaired) electrons. The van der Waals surface area contributed by atoms with Gasteiger partial charge in [-0.05, 0) is 66.5 Å². The summed E-state index contributed by atoms with van der Waals surface area (Å²) in [6.45, 7) is 12.5. The zero-order valence-electron chi connectivity index (χ0n) is 21.7. The lowest BCUT2D eigenvalue weighted by atomic mass is 9.83. The lowest BCUT2D eigenvalue weighted by Crippen LogP contribution is -2.46. The molecule has 3 atom stereocenters. The van der Waals surface area contributed by atoms with E-state index in [2.05, 4.69) is 59.3 Å². The number of unbranched alkanes of at least 4 members (excludes halogenated alkanes) is 5. The van der Waals surface area contributed by atoms with E-state index < -0.39 is 5.79 Å². The van der Waals surface area contributed by atoms with Crippen molar-refractivity contribution in [3.63, 3.8) is 0 Å². The van der Waals surface area contributed by atoms with Crippen LogP contribution in [0.15, 0.2) is 0 Å². The van der Waals surface area contributed by atoms with E-state index >= 15 is 0 Å². The number of hydrogen-bond donors (Lipinski definition) is 2. The Hall–Kier alpha value is -0.160. The minimum atomic E-state index is -0.441. The first-order valence-corrected chi connectivity index (χ1v) is 13.2. The first-order chi connectivity index (χ1) is 14.6. The maximum absolute atomic E-state index is 6.50. The van der Waals surface area contributed by atoms with E-state index in [1.165, 1.54) is 64.2 Å². The van der Waals surface area contributed by atoms with Crippen molar-refractivity contribution in [2.75, 3.05) is 27.3 Å². The molecule has 0 saturated heterocycles. The molecule has 0 aliphatic heterocycles. The van der Waals surface area contributed by atoms with Gasteiger partial charge in [-0.25, -0.2) is 0 Å². The van der Waals surface area contributed by atoms with Crippen molar-refractivity contribution in [3.05, 3.63) is 0 Å². The molecule has 0 rings (SSSR count). The second kappa shape index (κ2) is 19.5. The summed E-state index contributed by atoms with van der Waals surface area (Å²) in [4.78, 5) is 0. The minimum Gasteiger partial charge on any atom is -0.350 e. The zero-order chi connectivity index (χ0) is 22.7. The molecule has 0 fully saturated rings. The van der Waals surface area contributed by atoms with Crippen molar-refractivity contribution in [3.8, 4) is 0 Å². The lowest BCUT2D eigenvalue weighted by Gasteiger charge is -2.41. The van der Waals surface area contributed by atoms with E-state index in [0.29, 0.717) is 31.2 Å². The summed E-state index contributed by atoms with van der Waals surface area (Å²) in [7, 11) is 4.16. The van der Waals surface area contributed by atoms with Crippen LogP contribution in [0.4, 0.5) is 0 Å². The minimum absolute atomic E-state index is 0.441. The Morgan fingerprint density at radius 2 is 1.17 bits per heavy atom. The maximum Gasteiger partial charge on any atom is 0.171 e. The molecule has 3 unspecified atom stereocenters.